The van der Waals surface area contributed by atoms with E-state index in [0.29, 0.717) is 12.5 Å². The molecule has 4 nitrogen and oxygen atoms in total. The number of carbonyl (C=O) groups excluding carboxylic acids is 1. The number of amides is 2. The first-order valence-electron chi connectivity index (χ1n) is 9.49. The Balaban J connectivity index is 1.64. The van der Waals surface area contributed by atoms with E-state index in [0.717, 1.165) is 18.8 Å². The maximum absolute atomic E-state index is 12.6. The van der Waals surface area contributed by atoms with Gasteiger partial charge in [0.05, 0.1) is 0 Å². The van der Waals surface area contributed by atoms with Crippen LogP contribution < -0.4 is 10.2 Å². The smallest absolute Gasteiger partial charge is 0.321 e. The minimum Gasteiger partial charge on any atom is -0.371 e. The van der Waals surface area contributed by atoms with Crippen LogP contribution in [-0.2, 0) is 6.54 Å². The lowest BCUT2D eigenvalue weighted by Crippen LogP contribution is -2.31. The van der Waals surface area contributed by atoms with E-state index in [4.69, 9.17) is 0 Å². The molecule has 1 N–H and O–H groups in total. The lowest BCUT2D eigenvalue weighted by molar-refractivity contribution is 0.220. The largest absolute Gasteiger partial charge is 0.371 e. The molecule has 138 valence electrons. The lowest BCUT2D eigenvalue weighted by Gasteiger charge is -2.24. The third-order valence-corrected chi connectivity index (χ3v) is 5.02. The summed E-state index contributed by atoms with van der Waals surface area (Å²) in [4.78, 5) is 16.7. The molecule has 1 saturated heterocycles. The highest BCUT2D eigenvalue weighted by atomic mass is 16.2. The van der Waals surface area contributed by atoms with Crippen LogP contribution in [0.2, 0.25) is 0 Å². The number of urea groups is 1. The maximum Gasteiger partial charge on any atom is 0.321 e. The van der Waals surface area contributed by atoms with Crippen molar-refractivity contribution in [3.8, 4) is 0 Å². The highest BCUT2D eigenvalue weighted by Crippen LogP contribution is 2.25. The SMILES string of the molecule is CC(C)c1ccc(NC(=O)N(C)Cc2ccccc2N2CCCC2)cc1. The Hall–Kier alpha value is -2.49. The van der Waals surface area contributed by atoms with Crippen LogP contribution in [0.4, 0.5) is 16.2 Å². The fourth-order valence-corrected chi connectivity index (χ4v) is 3.41. The summed E-state index contributed by atoms with van der Waals surface area (Å²) in [6, 6.07) is 16.4. The number of carbonyl (C=O) groups is 1. The van der Waals surface area contributed by atoms with E-state index in [1.54, 1.807) is 4.90 Å². The van der Waals surface area contributed by atoms with Crippen molar-refractivity contribution in [3.63, 3.8) is 0 Å². The molecule has 2 aromatic carbocycles. The van der Waals surface area contributed by atoms with Gasteiger partial charge in [0.2, 0.25) is 0 Å². The number of benzene rings is 2. The topological polar surface area (TPSA) is 35.6 Å². The van der Waals surface area contributed by atoms with E-state index in [1.165, 1.54) is 29.7 Å². The molecule has 2 amide bonds. The van der Waals surface area contributed by atoms with Crippen LogP contribution in [0.3, 0.4) is 0 Å². The van der Waals surface area contributed by atoms with Crippen molar-refractivity contribution in [3.05, 3.63) is 59.7 Å². The van der Waals surface area contributed by atoms with Gasteiger partial charge in [0.25, 0.3) is 0 Å². The molecular formula is C22H29N3O. The summed E-state index contributed by atoms with van der Waals surface area (Å²) in [7, 11) is 1.85. The minimum atomic E-state index is -0.0847. The van der Waals surface area contributed by atoms with Gasteiger partial charge >= 0.3 is 6.03 Å². The van der Waals surface area contributed by atoms with Crippen molar-refractivity contribution in [2.75, 3.05) is 30.4 Å². The number of anilines is 2. The molecule has 0 unspecified atom stereocenters. The van der Waals surface area contributed by atoms with Gasteiger partial charge < -0.3 is 15.1 Å². The molecule has 0 bridgehead atoms. The maximum atomic E-state index is 12.6. The van der Waals surface area contributed by atoms with Gasteiger partial charge in [-0.3, -0.25) is 0 Å². The molecule has 26 heavy (non-hydrogen) atoms. The monoisotopic (exact) mass is 351 g/mol. The van der Waals surface area contributed by atoms with E-state index >= 15 is 0 Å². The van der Waals surface area contributed by atoms with Crippen LogP contribution in [0.15, 0.2) is 48.5 Å². The molecule has 1 heterocycles. The molecule has 0 spiro atoms. The van der Waals surface area contributed by atoms with Gasteiger partial charge in [-0.1, -0.05) is 44.2 Å². The first-order valence-corrected chi connectivity index (χ1v) is 9.49. The van der Waals surface area contributed by atoms with Crippen molar-refractivity contribution in [2.24, 2.45) is 0 Å². The number of hydrogen-bond donors (Lipinski definition) is 1. The van der Waals surface area contributed by atoms with Gasteiger partial charge in [0.15, 0.2) is 0 Å². The van der Waals surface area contributed by atoms with Crippen molar-refractivity contribution in [1.82, 2.24) is 4.90 Å². The first kappa shape index (κ1) is 18.3. The van der Waals surface area contributed by atoms with Crippen LogP contribution >= 0.6 is 0 Å². The summed E-state index contributed by atoms with van der Waals surface area (Å²) in [6.45, 7) is 7.14. The number of hydrogen-bond acceptors (Lipinski definition) is 2. The highest BCUT2D eigenvalue weighted by Gasteiger charge is 2.17. The Kier molecular flexibility index (Phi) is 5.82. The van der Waals surface area contributed by atoms with Crippen molar-refractivity contribution >= 4 is 17.4 Å². The molecule has 0 aromatic heterocycles. The Morgan fingerprint density at radius 1 is 1.08 bits per heavy atom. The molecule has 2 aromatic rings. The first-order chi connectivity index (χ1) is 12.5. The Bertz CT molecular complexity index is 733. The number of rotatable bonds is 5. The second kappa shape index (κ2) is 8.26. The second-order valence-electron chi connectivity index (χ2n) is 7.39. The molecule has 1 aliphatic heterocycles. The molecule has 0 radical (unpaired) electrons. The van der Waals surface area contributed by atoms with Crippen LogP contribution in [0, 0.1) is 0 Å². The fourth-order valence-electron chi connectivity index (χ4n) is 3.41. The zero-order chi connectivity index (χ0) is 18.5. The Morgan fingerprint density at radius 2 is 1.73 bits per heavy atom. The van der Waals surface area contributed by atoms with Crippen LogP contribution in [0.1, 0.15) is 43.7 Å². The lowest BCUT2D eigenvalue weighted by atomic mass is 10.0. The molecular weight excluding hydrogens is 322 g/mol. The summed E-state index contributed by atoms with van der Waals surface area (Å²) in [5.74, 6) is 0.490. The van der Waals surface area contributed by atoms with Crippen molar-refractivity contribution < 1.29 is 4.79 Å². The average molecular weight is 351 g/mol. The van der Waals surface area contributed by atoms with Gasteiger partial charge in [-0.15, -0.1) is 0 Å². The van der Waals surface area contributed by atoms with E-state index in [1.807, 2.05) is 25.2 Å². The zero-order valence-corrected chi connectivity index (χ0v) is 16.0. The van der Waals surface area contributed by atoms with Gasteiger partial charge in [0, 0.05) is 38.1 Å². The molecule has 1 aliphatic rings. The Labute approximate surface area is 156 Å². The minimum absolute atomic E-state index is 0.0847. The van der Waals surface area contributed by atoms with E-state index in [2.05, 4.69) is 54.4 Å². The highest BCUT2D eigenvalue weighted by molar-refractivity contribution is 5.89. The molecule has 1 fully saturated rings. The summed E-state index contributed by atoms with van der Waals surface area (Å²) in [6.07, 6.45) is 2.49. The van der Waals surface area contributed by atoms with Crippen LogP contribution in [0.5, 0.6) is 0 Å². The molecule has 0 aliphatic carbocycles. The number of nitrogens with zero attached hydrogens (tertiary/aromatic N) is 2. The average Bonchev–Trinajstić information content (AvgIpc) is 3.17. The molecule has 0 atom stereocenters. The predicted molar refractivity (Wildman–Crippen MR) is 109 cm³/mol. The Morgan fingerprint density at radius 3 is 2.38 bits per heavy atom. The van der Waals surface area contributed by atoms with Gasteiger partial charge in [0.1, 0.15) is 0 Å². The fraction of sp³-hybridized carbons (Fsp3) is 0.409. The van der Waals surface area contributed by atoms with Crippen LogP contribution in [0.25, 0.3) is 0 Å². The number of nitrogens with one attached hydrogen (secondary N) is 1. The predicted octanol–water partition coefficient (Wildman–Crippen LogP) is 5.07. The summed E-state index contributed by atoms with van der Waals surface area (Å²) in [5, 5.41) is 2.99. The summed E-state index contributed by atoms with van der Waals surface area (Å²) in [5.41, 5.74) is 4.56. The quantitative estimate of drug-likeness (QED) is 0.816. The molecule has 4 heteroatoms. The molecule has 3 rings (SSSR count). The third kappa shape index (κ3) is 4.37. The molecule has 0 saturated carbocycles. The van der Waals surface area contributed by atoms with Crippen molar-refractivity contribution in [2.45, 2.75) is 39.2 Å². The van der Waals surface area contributed by atoms with E-state index in [9.17, 15) is 4.79 Å². The van der Waals surface area contributed by atoms with E-state index in [-0.39, 0.29) is 6.03 Å². The number of para-hydroxylation sites is 1. The normalized spacial score (nSPS) is 13.9. The zero-order valence-electron chi connectivity index (χ0n) is 16.0. The van der Waals surface area contributed by atoms with Gasteiger partial charge in [-0.25, -0.2) is 4.79 Å². The van der Waals surface area contributed by atoms with E-state index < -0.39 is 0 Å². The van der Waals surface area contributed by atoms with Crippen molar-refractivity contribution in [1.29, 1.82) is 0 Å². The second-order valence-corrected chi connectivity index (χ2v) is 7.39. The van der Waals surface area contributed by atoms with Gasteiger partial charge in [-0.2, -0.15) is 0 Å². The third-order valence-electron chi connectivity index (χ3n) is 5.02. The summed E-state index contributed by atoms with van der Waals surface area (Å²) >= 11 is 0. The van der Waals surface area contributed by atoms with Gasteiger partial charge in [-0.05, 0) is 48.1 Å². The van der Waals surface area contributed by atoms with Crippen LogP contribution in [-0.4, -0.2) is 31.1 Å². The standard InChI is InChI=1S/C22H29N3O/c1-17(2)18-10-12-20(13-11-18)23-22(26)24(3)16-19-8-4-5-9-21(19)25-14-6-7-15-25/h4-5,8-13,17H,6-7,14-16H2,1-3H3,(H,23,26). The summed E-state index contributed by atoms with van der Waals surface area (Å²) < 4.78 is 0.